The Morgan fingerprint density at radius 1 is 1.00 bits per heavy atom. The number of ether oxygens (including phenoxy) is 1. The Kier molecular flexibility index (Phi) is 7.62. The monoisotopic (exact) mass is 451 g/mol. The first-order valence-electron chi connectivity index (χ1n) is 10.1. The fourth-order valence-corrected chi connectivity index (χ4v) is 3.96. The molecule has 0 fully saturated rings. The molecule has 0 bridgehead atoms. The molecule has 166 valence electrons. The maximum absolute atomic E-state index is 12.8. The van der Waals surface area contributed by atoms with E-state index in [1.807, 2.05) is 61.5 Å². The molecule has 3 aromatic carbocycles. The fourth-order valence-electron chi connectivity index (χ4n) is 3.06. The van der Waals surface area contributed by atoms with E-state index in [9.17, 15) is 13.2 Å². The zero-order chi connectivity index (χ0) is 23.0. The van der Waals surface area contributed by atoms with Gasteiger partial charge in [0.15, 0.2) is 0 Å². The molecule has 1 amide bonds. The Bertz CT molecular complexity index is 1180. The molecule has 0 aliphatic rings. The first-order valence-corrected chi connectivity index (χ1v) is 11.9. The van der Waals surface area contributed by atoms with E-state index in [1.165, 1.54) is 10.5 Å². The number of rotatable bonds is 9. The first-order chi connectivity index (χ1) is 15.4. The van der Waals surface area contributed by atoms with Crippen molar-refractivity contribution in [1.29, 1.82) is 0 Å². The lowest BCUT2D eigenvalue weighted by Gasteiger charge is -2.24. The second kappa shape index (κ2) is 10.6. The molecule has 8 heteroatoms. The van der Waals surface area contributed by atoms with E-state index < -0.39 is 15.9 Å². The molecule has 0 radical (unpaired) electrons. The molecule has 1 N–H and O–H groups in total. The number of nitrogens with one attached hydrogen (secondary N) is 1. The number of para-hydroxylation sites is 1. The van der Waals surface area contributed by atoms with Gasteiger partial charge in [-0.2, -0.15) is 5.10 Å². The Hall–Kier alpha value is -3.65. The largest absolute Gasteiger partial charge is 0.494 e. The van der Waals surface area contributed by atoms with Gasteiger partial charge in [0.25, 0.3) is 5.91 Å². The van der Waals surface area contributed by atoms with Gasteiger partial charge in [0, 0.05) is 0 Å². The normalized spacial score (nSPS) is 11.3. The molecule has 0 aliphatic carbocycles. The summed E-state index contributed by atoms with van der Waals surface area (Å²) >= 11 is 0. The minimum absolute atomic E-state index is 0.111. The van der Waals surface area contributed by atoms with Crippen LogP contribution in [0.3, 0.4) is 0 Å². The van der Waals surface area contributed by atoms with E-state index in [0.717, 1.165) is 23.1 Å². The van der Waals surface area contributed by atoms with Crippen LogP contribution < -0.4 is 14.5 Å². The molecule has 3 rings (SSSR count). The van der Waals surface area contributed by atoms with Crippen LogP contribution >= 0.6 is 0 Å². The summed E-state index contributed by atoms with van der Waals surface area (Å²) in [5.74, 6) is 0.242. The van der Waals surface area contributed by atoms with Gasteiger partial charge in [-0.15, -0.1) is 0 Å². The predicted octanol–water partition coefficient (Wildman–Crippen LogP) is 3.82. The second-order valence-electron chi connectivity index (χ2n) is 6.97. The maximum Gasteiger partial charge on any atom is 0.273 e. The molecule has 0 aliphatic heterocycles. The van der Waals surface area contributed by atoms with Crippen LogP contribution in [0.15, 0.2) is 84.0 Å². The molecule has 0 unspecified atom stereocenters. The quantitative estimate of drug-likeness (QED) is 0.396. The lowest BCUT2D eigenvalue weighted by Crippen LogP contribution is -2.32. The molecule has 0 atom stereocenters. The number of carbonyl (C=O) groups excluding carboxylic acids is 1. The number of hydrogen-bond donors (Lipinski definition) is 1. The van der Waals surface area contributed by atoms with Crippen LogP contribution in [-0.2, 0) is 16.6 Å². The van der Waals surface area contributed by atoms with Crippen molar-refractivity contribution in [3.8, 4) is 5.75 Å². The molecule has 0 saturated heterocycles. The van der Waals surface area contributed by atoms with Gasteiger partial charge >= 0.3 is 0 Å². The average Bonchev–Trinajstić information content (AvgIpc) is 2.79. The average molecular weight is 452 g/mol. The smallest absolute Gasteiger partial charge is 0.273 e. The van der Waals surface area contributed by atoms with Crippen LogP contribution in [-0.4, -0.2) is 33.4 Å². The topological polar surface area (TPSA) is 88.1 Å². The Balaban J connectivity index is 1.80. The molecule has 0 saturated carbocycles. The fraction of sp³-hybridized carbons (Fsp3) is 0.167. The zero-order valence-electron chi connectivity index (χ0n) is 17.9. The minimum atomic E-state index is -3.64. The molecule has 0 heterocycles. The summed E-state index contributed by atoms with van der Waals surface area (Å²) in [6.45, 7) is 2.60. The lowest BCUT2D eigenvalue weighted by molar-refractivity contribution is 0.0955. The van der Waals surface area contributed by atoms with Crippen LogP contribution in [0.5, 0.6) is 5.75 Å². The summed E-state index contributed by atoms with van der Waals surface area (Å²) < 4.78 is 31.7. The number of benzene rings is 3. The van der Waals surface area contributed by atoms with Crippen molar-refractivity contribution in [2.24, 2.45) is 5.10 Å². The number of nitrogens with zero attached hydrogens (tertiary/aromatic N) is 2. The lowest BCUT2D eigenvalue weighted by atomic mass is 10.1. The number of hydrazone groups is 1. The van der Waals surface area contributed by atoms with Gasteiger partial charge < -0.3 is 4.74 Å². The van der Waals surface area contributed by atoms with E-state index in [4.69, 9.17) is 4.74 Å². The number of amides is 1. The first kappa shape index (κ1) is 23.0. The van der Waals surface area contributed by atoms with Crippen molar-refractivity contribution < 1.29 is 17.9 Å². The van der Waals surface area contributed by atoms with Crippen molar-refractivity contribution in [3.63, 3.8) is 0 Å². The van der Waals surface area contributed by atoms with Crippen LogP contribution in [0, 0.1) is 0 Å². The van der Waals surface area contributed by atoms with E-state index in [2.05, 4.69) is 10.5 Å². The number of hydrogen-bond acceptors (Lipinski definition) is 5. The minimum Gasteiger partial charge on any atom is -0.494 e. The zero-order valence-corrected chi connectivity index (χ0v) is 18.7. The van der Waals surface area contributed by atoms with Gasteiger partial charge in [-0.05, 0) is 54.4 Å². The van der Waals surface area contributed by atoms with E-state index in [0.29, 0.717) is 6.61 Å². The molecular formula is C24H25N3O4S. The van der Waals surface area contributed by atoms with Crippen molar-refractivity contribution >= 4 is 27.8 Å². The van der Waals surface area contributed by atoms with Crippen LogP contribution in [0.4, 0.5) is 5.69 Å². The molecule has 3 aromatic rings. The maximum atomic E-state index is 12.8. The summed E-state index contributed by atoms with van der Waals surface area (Å²) in [5.41, 5.74) is 4.56. The summed E-state index contributed by atoms with van der Waals surface area (Å²) in [4.78, 5) is 12.8. The molecule has 0 spiro atoms. The Labute approximate surface area is 188 Å². The van der Waals surface area contributed by atoms with Crippen molar-refractivity contribution in [3.05, 3.63) is 95.6 Å². The second-order valence-corrected chi connectivity index (χ2v) is 8.88. The van der Waals surface area contributed by atoms with Crippen molar-refractivity contribution in [2.45, 2.75) is 13.5 Å². The highest BCUT2D eigenvalue weighted by Gasteiger charge is 2.23. The third-order valence-corrected chi connectivity index (χ3v) is 5.68. The van der Waals surface area contributed by atoms with Crippen LogP contribution in [0.25, 0.3) is 0 Å². The summed E-state index contributed by atoms with van der Waals surface area (Å²) in [6.07, 6.45) is 2.63. The summed E-state index contributed by atoms with van der Waals surface area (Å²) in [7, 11) is -3.64. The highest BCUT2D eigenvalue weighted by atomic mass is 32.2. The third-order valence-electron chi connectivity index (χ3n) is 4.56. The van der Waals surface area contributed by atoms with Gasteiger partial charge in [-0.1, -0.05) is 42.5 Å². The van der Waals surface area contributed by atoms with Crippen molar-refractivity contribution in [2.75, 3.05) is 17.2 Å². The number of carbonyl (C=O) groups is 1. The van der Waals surface area contributed by atoms with Gasteiger partial charge in [0.05, 0.1) is 36.9 Å². The molecule has 32 heavy (non-hydrogen) atoms. The third kappa shape index (κ3) is 6.18. The van der Waals surface area contributed by atoms with Gasteiger partial charge in [0.2, 0.25) is 10.0 Å². The van der Waals surface area contributed by atoms with Crippen molar-refractivity contribution in [1.82, 2.24) is 5.43 Å². The highest BCUT2D eigenvalue weighted by molar-refractivity contribution is 7.92. The van der Waals surface area contributed by atoms with E-state index >= 15 is 0 Å². The molecule has 0 aromatic heterocycles. The van der Waals surface area contributed by atoms with Gasteiger partial charge in [0.1, 0.15) is 5.75 Å². The SMILES string of the molecule is CCOc1ccc(/C=N/NC(=O)c2ccccc2N(Cc2ccccc2)S(C)(=O)=O)cc1. The Morgan fingerprint density at radius 3 is 2.31 bits per heavy atom. The predicted molar refractivity (Wildman–Crippen MR) is 127 cm³/mol. The highest BCUT2D eigenvalue weighted by Crippen LogP contribution is 2.25. The van der Waals surface area contributed by atoms with E-state index in [1.54, 1.807) is 24.3 Å². The number of anilines is 1. The van der Waals surface area contributed by atoms with Gasteiger partial charge in [-0.3, -0.25) is 9.10 Å². The van der Waals surface area contributed by atoms with Crippen LogP contribution in [0.1, 0.15) is 28.4 Å². The number of sulfonamides is 1. The standard InChI is InChI=1S/C24H25N3O4S/c1-3-31-21-15-13-19(14-16-21)17-25-26-24(28)22-11-7-8-12-23(22)27(32(2,29)30)18-20-9-5-4-6-10-20/h4-17H,3,18H2,1-2H3,(H,26,28)/b25-17+. The van der Waals surface area contributed by atoms with Crippen LogP contribution in [0.2, 0.25) is 0 Å². The summed E-state index contributed by atoms with van der Waals surface area (Å²) in [5, 5.41) is 4.01. The summed E-state index contributed by atoms with van der Waals surface area (Å²) in [6, 6.07) is 23.0. The molecular weight excluding hydrogens is 426 g/mol. The Morgan fingerprint density at radius 2 is 1.66 bits per heavy atom. The molecule has 7 nitrogen and oxygen atoms in total. The van der Waals surface area contributed by atoms with Gasteiger partial charge in [-0.25, -0.2) is 13.8 Å². The van der Waals surface area contributed by atoms with E-state index in [-0.39, 0.29) is 17.8 Å².